The van der Waals surface area contributed by atoms with E-state index in [1.54, 1.807) is 0 Å². The van der Waals surface area contributed by atoms with E-state index in [0.29, 0.717) is 19.3 Å². The van der Waals surface area contributed by atoms with Crippen molar-refractivity contribution in [2.75, 3.05) is 13.2 Å². The zero-order valence-electron chi connectivity index (χ0n) is 40.9. The summed E-state index contributed by atoms with van der Waals surface area (Å²) >= 11 is 0. The van der Waals surface area contributed by atoms with Crippen LogP contribution in [0.15, 0.2) is 24.3 Å². The maximum Gasteiger partial charge on any atom is 0.306 e. The van der Waals surface area contributed by atoms with E-state index < -0.39 is 6.10 Å². The van der Waals surface area contributed by atoms with E-state index in [4.69, 9.17) is 14.2 Å². The van der Waals surface area contributed by atoms with Gasteiger partial charge in [0.15, 0.2) is 6.10 Å². The molecule has 0 heterocycles. The third-order valence-electron chi connectivity index (χ3n) is 11.9. The molecule has 0 aromatic heterocycles. The summed E-state index contributed by atoms with van der Waals surface area (Å²) in [5.74, 6) is -0.876. The Morgan fingerprint density at radius 3 is 0.820 bits per heavy atom. The molecular formula is C55H102O6. The highest BCUT2D eigenvalue weighted by Gasteiger charge is 2.19. The van der Waals surface area contributed by atoms with Gasteiger partial charge in [-0.3, -0.25) is 14.4 Å². The van der Waals surface area contributed by atoms with Gasteiger partial charge in [0.25, 0.3) is 0 Å². The molecule has 0 aliphatic rings. The molecule has 0 aliphatic heterocycles. The Morgan fingerprint density at radius 2 is 0.541 bits per heavy atom. The lowest BCUT2D eigenvalue weighted by molar-refractivity contribution is -0.167. The first-order valence-corrected chi connectivity index (χ1v) is 26.8. The van der Waals surface area contributed by atoms with Crippen LogP contribution in [0.4, 0.5) is 0 Å². The highest BCUT2D eigenvalue weighted by atomic mass is 16.6. The van der Waals surface area contributed by atoms with E-state index in [0.717, 1.165) is 64.2 Å². The molecule has 0 fully saturated rings. The van der Waals surface area contributed by atoms with E-state index in [1.165, 1.54) is 186 Å². The van der Waals surface area contributed by atoms with E-state index in [-0.39, 0.29) is 31.1 Å². The Morgan fingerprint density at radius 1 is 0.311 bits per heavy atom. The van der Waals surface area contributed by atoms with Gasteiger partial charge in [-0.05, 0) is 70.6 Å². The second-order valence-electron chi connectivity index (χ2n) is 18.1. The molecule has 0 bridgehead atoms. The fourth-order valence-electron chi connectivity index (χ4n) is 7.84. The molecule has 6 nitrogen and oxygen atoms in total. The molecule has 6 heteroatoms. The van der Waals surface area contributed by atoms with Crippen LogP contribution in [0.25, 0.3) is 0 Å². The summed E-state index contributed by atoms with van der Waals surface area (Å²) in [6.07, 6.45) is 57.7. The van der Waals surface area contributed by atoms with E-state index in [2.05, 4.69) is 45.1 Å². The maximum absolute atomic E-state index is 12.7. The summed E-state index contributed by atoms with van der Waals surface area (Å²) < 4.78 is 16.7. The van der Waals surface area contributed by atoms with Crippen LogP contribution in [0, 0.1) is 0 Å². The molecule has 0 N–H and O–H groups in total. The second-order valence-corrected chi connectivity index (χ2v) is 18.1. The Kier molecular flexibility index (Phi) is 48.8. The van der Waals surface area contributed by atoms with E-state index in [9.17, 15) is 14.4 Å². The van der Waals surface area contributed by atoms with Crippen molar-refractivity contribution >= 4 is 17.9 Å². The minimum absolute atomic E-state index is 0.0707. The molecule has 0 aliphatic carbocycles. The first-order chi connectivity index (χ1) is 30.0. The second kappa shape index (κ2) is 50.5. The average Bonchev–Trinajstić information content (AvgIpc) is 3.26. The number of ether oxygens (including phenoxy) is 3. The molecule has 0 aromatic carbocycles. The van der Waals surface area contributed by atoms with Crippen molar-refractivity contribution in [3.05, 3.63) is 24.3 Å². The number of carbonyl (C=O) groups excluding carboxylic acids is 3. The Hall–Kier alpha value is -2.11. The van der Waals surface area contributed by atoms with Gasteiger partial charge >= 0.3 is 17.9 Å². The van der Waals surface area contributed by atoms with Gasteiger partial charge < -0.3 is 14.2 Å². The highest BCUT2D eigenvalue weighted by Crippen LogP contribution is 2.16. The third-order valence-corrected chi connectivity index (χ3v) is 11.9. The predicted molar refractivity (Wildman–Crippen MR) is 261 cm³/mol. The summed E-state index contributed by atoms with van der Waals surface area (Å²) in [6.45, 7) is 6.58. The van der Waals surface area contributed by atoms with Crippen LogP contribution in [0.5, 0.6) is 0 Å². The molecule has 0 amide bonds. The molecule has 0 radical (unpaired) electrons. The van der Waals surface area contributed by atoms with Gasteiger partial charge in [-0.15, -0.1) is 0 Å². The lowest BCUT2D eigenvalue weighted by atomic mass is 10.1. The van der Waals surface area contributed by atoms with Gasteiger partial charge in [0, 0.05) is 19.3 Å². The van der Waals surface area contributed by atoms with Crippen LogP contribution < -0.4 is 0 Å². The SMILES string of the molecule is CCCCCCCC/C=C\CCCCCCCCCCCC(=O)OCC(COC(=O)CCCCCCC)OC(=O)CCCCCCCCCCC/C=C\CCCCCCCC. The molecule has 0 rings (SSSR count). The number of esters is 3. The van der Waals surface area contributed by atoms with Crippen molar-refractivity contribution in [1.82, 2.24) is 0 Å². The molecule has 1 atom stereocenters. The fourth-order valence-corrected chi connectivity index (χ4v) is 7.84. The monoisotopic (exact) mass is 859 g/mol. The van der Waals surface area contributed by atoms with Crippen LogP contribution >= 0.6 is 0 Å². The summed E-state index contributed by atoms with van der Waals surface area (Å²) in [7, 11) is 0. The molecule has 0 saturated heterocycles. The summed E-state index contributed by atoms with van der Waals surface area (Å²) in [5.41, 5.74) is 0. The number of hydrogen-bond donors (Lipinski definition) is 0. The van der Waals surface area contributed by atoms with Crippen molar-refractivity contribution in [3.63, 3.8) is 0 Å². The van der Waals surface area contributed by atoms with Gasteiger partial charge in [0.05, 0.1) is 0 Å². The van der Waals surface area contributed by atoms with Crippen molar-refractivity contribution in [1.29, 1.82) is 0 Å². The smallest absolute Gasteiger partial charge is 0.306 e. The van der Waals surface area contributed by atoms with Crippen molar-refractivity contribution < 1.29 is 28.6 Å². The molecule has 0 spiro atoms. The van der Waals surface area contributed by atoms with Gasteiger partial charge in [-0.2, -0.15) is 0 Å². The zero-order chi connectivity index (χ0) is 44.4. The van der Waals surface area contributed by atoms with Crippen molar-refractivity contribution in [2.24, 2.45) is 0 Å². The van der Waals surface area contributed by atoms with Gasteiger partial charge in [-0.1, -0.05) is 225 Å². The van der Waals surface area contributed by atoms with Crippen LogP contribution in [-0.2, 0) is 28.6 Å². The lowest BCUT2D eigenvalue weighted by Crippen LogP contribution is -2.30. The zero-order valence-corrected chi connectivity index (χ0v) is 40.9. The number of carbonyl (C=O) groups is 3. The molecule has 0 aromatic rings. The third kappa shape index (κ3) is 48.8. The number of rotatable bonds is 49. The minimum atomic E-state index is -0.766. The first kappa shape index (κ1) is 58.9. The van der Waals surface area contributed by atoms with Crippen LogP contribution in [0.3, 0.4) is 0 Å². The molecule has 61 heavy (non-hydrogen) atoms. The highest BCUT2D eigenvalue weighted by molar-refractivity contribution is 5.71. The molecular weight excluding hydrogens is 757 g/mol. The first-order valence-electron chi connectivity index (χ1n) is 26.8. The van der Waals surface area contributed by atoms with Gasteiger partial charge in [-0.25, -0.2) is 0 Å². The van der Waals surface area contributed by atoms with Crippen LogP contribution in [-0.4, -0.2) is 37.2 Å². The normalized spacial score (nSPS) is 12.1. The van der Waals surface area contributed by atoms with E-state index in [1.807, 2.05) is 0 Å². The lowest BCUT2D eigenvalue weighted by Gasteiger charge is -2.18. The standard InChI is InChI=1S/C55H102O6/c1-4-7-10-13-15-17-19-21-23-25-27-29-31-33-35-37-39-42-45-48-54(57)60-51-52(50-59-53(56)47-44-41-12-9-6-3)61-55(58)49-46-43-40-38-36-34-32-30-28-26-24-22-20-18-16-14-11-8-5-2/h21-24,52H,4-20,25-51H2,1-3H3/b23-21-,24-22-. The van der Waals surface area contributed by atoms with E-state index >= 15 is 0 Å². The van der Waals surface area contributed by atoms with Gasteiger partial charge in [0.2, 0.25) is 0 Å². The van der Waals surface area contributed by atoms with Crippen LogP contribution in [0.2, 0.25) is 0 Å². The van der Waals surface area contributed by atoms with Gasteiger partial charge in [0.1, 0.15) is 13.2 Å². The minimum Gasteiger partial charge on any atom is -0.462 e. The average molecular weight is 859 g/mol. The Balaban J connectivity index is 4.11. The topological polar surface area (TPSA) is 78.9 Å². The molecule has 0 saturated carbocycles. The Labute approximate surface area is 379 Å². The predicted octanol–water partition coefficient (Wildman–Crippen LogP) is 17.5. The number of hydrogen-bond acceptors (Lipinski definition) is 6. The summed E-state index contributed by atoms with van der Waals surface area (Å²) in [6, 6.07) is 0. The molecule has 1 unspecified atom stereocenters. The Bertz CT molecular complexity index is 989. The van der Waals surface area contributed by atoms with Crippen LogP contribution in [0.1, 0.15) is 290 Å². The molecule has 358 valence electrons. The fraction of sp³-hybridized carbons (Fsp3) is 0.873. The van der Waals surface area contributed by atoms with Crippen molar-refractivity contribution in [2.45, 2.75) is 297 Å². The largest absolute Gasteiger partial charge is 0.462 e. The number of allylic oxidation sites excluding steroid dienone is 4. The van der Waals surface area contributed by atoms with Crippen molar-refractivity contribution in [3.8, 4) is 0 Å². The summed E-state index contributed by atoms with van der Waals surface area (Å²) in [5, 5.41) is 0. The maximum atomic E-state index is 12.7. The summed E-state index contributed by atoms with van der Waals surface area (Å²) in [4.78, 5) is 37.7. The number of unbranched alkanes of at least 4 members (excludes halogenated alkanes) is 34. The quantitative estimate of drug-likeness (QED) is 0.0262.